The number of benzene rings is 2. The highest BCUT2D eigenvalue weighted by molar-refractivity contribution is 5.91. The summed E-state index contributed by atoms with van der Waals surface area (Å²) in [5.41, 5.74) is 4.37. The predicted molar refractivity (Wildman–Crippen MR) is 107 cm³/mol. The zero-order valence-corrected chi connectivity index (χ0v) is 15.7. The quantitative estimate of drug-likeness (QED) is 0.714. The van der Waals surface area contributed by atoms with Crippen molar-refractivity contribution in [1.82, 2.24) is 5.32 Å². The molecule has 4 nitrogen and oxygen atoms in total. The number of aryl methyl sites for hydroxylation is 1. The van der Waals surface area contributed by atoms with Crippen LogP contribution in [0.2, 0.25) is 0 Å². The number of para-hydroxylation sites is 2. The summed E-state index contributed by atoms with van der Waals surface area (Å²) in [6.07, 6.45) is 0.892. The van der Waals surface area contributed by atoms with Crippen LogP contribution in [-0.4, -0.2) is 26.2 Å². The minimum atomic E-state index is -0.140. The lowest BCUT2D eigenvalue weighted by molar-refractivity contribution is 0.252. The van der Waals surface area contributed by atoms with Crippen molar-refractivity contribution in [3.8, 4) is 0 Å². The largest absolute Gasteiger partial charge is 0.375 e. The van der Waals surface area contributed by atoms with Crippen LogP contribution in [0.3, 0.4) is 0 Å². The van der Waals surface area contributed by atoms with Crippen molar-refractivity contribution < 1.29 is 4.79 Å². The molecule has 0 unspecified atom stereocenters. The van der Waals surface area contributed by atoms with Gasteiger partial charge in [-0.25, -0.2) is 4.79 Å². The Morgan fingerprint density at radius 3 is 2.48 bits per heavy atom. The predicted octanol–water partition coefficient (Wildman–Crippen LogP) is 4.77. The number of carbonyl (C=O) groups excluding carboxylic acids is 1. The molecule has 2 aromatic carbocycles. The maximum Gasteiger partial charge on any atom is 0.319 e. The van der Waals surface area contributed by atoms with Crippen LogP contribution in [-0.2, 0) is 0 Å². The number of urea groups is 1. The van der Waals surface area contributed by atoms with Crippen LogP contribution in [0.4, 0.5) is 16.2 Å². The van der Waals surface area contributed by atoms with Gasteiger partial charge in [-0.15, -0.1) is 0 Å². The lowest BCUT2D eigenvalue weighted by atomic mass is 9.98. The van der Waals surface area contributed by atoms with Gasteiger partial charge in [0.15, 0.2) is 0 Å². The number of hydrogen-bond donors (Lipinski definition) is 2. The molecular weight excluding hydrogens is 310 g/mol. The molecule has 0 radical (unpaired) electrons. The maximum absolute atomic E-state index is 12.2. The van der Waals surface area contributed by atoms with E-state index in [0.717, 1.165) is 24.2 Å². The smallest absolute Gasteiger partial charge is 0.319 e. The summed E-state index contributed by atoms with van der Waals surface area (Å²) in [5.74, 6) is 0.370. The second-order valence-corrected chi connectivity index (χ2v) is 6.69. The van der Waals surface area contributed by atoms with E-state index in [2.05, 4.69) is 54.6 Å². The number of hydrogen-bond acceptors (Lipinski definition) is 2. The molecule has 134 valence electrons. The summed E-state index contributed by atoms with van der Waals surface area (Å²) in [4.78, 5) is 14.4. The van der Waals surface area contributed by atoms with Crippen molar-refractivity contribution >= 4 is 17.4 Å². The molecule has 2 rings (SSSR count). The van der Waals surface area contributed by atoms with E-state index >= 15 is 0 Å². The molecule has 2 aromatic rings. The van der Waals surface area contributed by atoms with Gasteiger partial charge in [-0.2, -0.15) is 0 Å². The van der Waals surface area contributed by atoms with Crippen LogP contribution in [0.5, 0.6) is 0 Å². The molecule has 0 fully saturated rings. The van der Waals surface area contributed by atoms with Crippen LogP contribution in [0.15, 0.2) is 48.5 Å². The summed E-state index contributed by atoms with van der Waals surface area (Å²) in [7, 11) is 2.07. The second kappa shape index (κ2) is 9.11. The number of rotatable bonds is 7. The van der Waals surface area contributed by atoms with Gasteiger partial charge in [-0.1, -0.05) is 50.2 Å². The first-order chi connectivity index (χ1) is 12.0. The highest BCUT2D eigenvalue weighted by Gasteiger charge is 2.11. The van der Waals surface area contributed by atoms with Crippen LogP contribution in [0, 0.1) is 6.92 Å². The molecule has 0 atom stereocenters. The Labute approximate surface area is 151 Å². The van der Waals surface area contributed by atoms with Crippen molar-refractivity contribution in [3.63, 3.8) is 0 Å². The van der Waals surface area contributed by atoms with Gasteiger partial charge in [-0.3, -0.25) is 0 Å². The van der Waals surface area contributed by atoms with Gasteiger partial charge in [-0.05, 0) is 42.5 Å². The maximum atomic E-state index is 12.2. The Morgan fingerprint density at radius 2 is 1.80 bits per heavy atom. The van der Waals surface area contributed by atoms with E-state index in [0.29, 0.717) is 12.5 Å². The first-order valence-corrected chi connectivity index (χ1v) is 8.89. The highest BCUT2D eigenvalue weighted by Crippen LogP contribution is 2.27. The molecule has 0 aromatic heterocycles. The van der Waals surface area contributed by atoms with Crippen LogP contribution >= 0.6 is 0 Å². The zero-order chi connectivity index (χ0) is 18.2. The Kier molecular flexibility index (Phi) is 6.87. The SMILES string of the molecule is Cc1cccc(C(C)C)c1NC(=O)NCCCN(C)c1ccccc1. The Hall–Kier alpha value is -2.49. The lowest BCUT2D eigenvalue weighted by Crippen LogP contribution is -2.32. The Balaban J connectivity index is 1.80. The molecule has 0 aliphatic heterocycles. The molecule has 0 saturated carbocycles. The number of nitrogens with one attached hydrogen (secondary N) is 2. The first kappa shape index (κ1) is 18.8. The Morgan fingerprint density at radius 1 is 1.08 bits per heavy atom. The van der Waals surface area contributed by atoms with Crippen molar-refractivity contribution in [1.29, 1.82) is 0 Å². The van der Waals surface area contributed by atoms with E-state index in [1.807, 2.05) is 37.3 Å². The van der Waals surface area contributed by atoms with Crippen LogP contribution < -0.4 is 15.5 Å². The average molecular weight is 339 g/mol. The number of nitrogens with zero attached hydrogens (tertiary/aromatic N) is 1. The van der Waals surface area contributed by atoms with E-state index in [1.54, 1.807) is 0 Å². The minimum absolute atomic E-state index is 0.140. The Bertz CT molecular complexity index is 683. The fourth-order valence-corrected chi connectivity index (χ4v) is 2.83. The van der Waals surface area contributed by atoms with Crippen LogP contribution in [0.1, 0.15) is 37.3 Å². The monoisotopic (exact) mass is 339 g/mol. The molecule has 0 spiro atoms. The molecule has 0 saturated heterocycles. The van der Waals surface area contributed by atoms with Crippen molar-refractivity contribution in [2.24, 2.45) is 0 Å². The summed E-state index contributed by atoms with van der Waals surface area (Å²) < 4.78 is 0. The average Bonchev–Trinajstić information content (AvgIpc) is 2.60. The van der Waals surface area contributed by atoms with Crippen LogP contribution in [0.25, 0.3) is 0 Å². The van der Waals surface area contributed by atoms with Crippen molar-refractivity contribution in [2.45, 2.75) is 33.1 Å². The molecular formula is C21H29N3O. The molecule has 0 aliphatic rings. The summed E-state index contributed by atoms with van der Waals surface area (Å²) in [6.45, 7) is 7.84. The number of carbonyl (C=O) groups is 1. The van der Waals surface area contributed by atoms with Gasteiger partial charge in [0.2, 0.25) is 0 Å². The molecule has 0 heterocycles. The summed E-state index contributed by atoms with van der Waals surface area (Å²) >= 11 is 0. The third kappa shape index (κ3) is 5.52. The molecule has 2 amide bonds. The van der Waals surface area contributed by atoms with E-state index in [-0.39, 0.29) is 6.03 Å². The molecule has 0 aliphatic carbocycles. The van der Waals surface area contributed by atoms with E-state index < -0.39 is 0 Å². The molecule has 2 N–H and O–H groups in total. The van der Waals surface area contributed by atoms with Gasteiger partial charge in [0.25, 0.3) is 0 Å². The first-order valence-electron chi connectivity index (χ1n) is 8.89. The van der Waals surface area contributed by atoms with E-state index in [9.17, 15) is 4.79 Å². The summed E-state index contributed by atoms with van der Waals surface area (Å²) in [6, 6.07) is 16.3. The summed E-state index contributed by atoms with van der Waals surface area (Å²) in [5, 5.41) is 5.97. The fraction of sp³-hybridized carbons (Fsp3) is 0.381. The third-order valence-electron chi connectivity index (χ3n) is 4.32. The highest BCUT2D eigenvalue weighted by atomic mass is 16.2. The van der Waals surface area contributed by atoms with Gasteiger partial charge in [0.05, 0.1) is 0 Å². The minimum Gasteiger partial charge on any atom is -0.375 e. The van der Waals surface area contributed by atoms with Crippen molar-refractivity contribution in [2.75, 3.05) is 30.4 Å². The number of amides is 2. The lowest BCUT2D eigenvalue weighted by Gasteiger charge is -2.19. The zero-order valence-electron chi connectivity index (χ0n) is 15.7. The van der Waals surface area contributed by atoms with Gasteiger partial charge >= 0.3 is 6.03 Å². The molecule has 25 heavy (non-hydrogen) atoms. The molecule has 0 bridgehead atoms. The van der Waals surface area contributed by atoms with Crippen molar-refractivity contribution in [3.05, 3.63) is 59.7 Å². The van der Waals surface area contributed by atoms with E-state index in [4.69, 9.17) is 0 Å². The molecule has 4 heteroatoms. The third-order valence-corrected chi connectivity index (χ3v) is 4.32. The topological polar surface area (TPSA) is 44.4 Å². The number of anilines is 2. The van der Waals surface area contributed by atoms with Gasteiger partial charge in [0.1, 0.15) is 0 Å². The second-order valence-electron chi connectivity index (χ2n) is 6.69. The van der Waals surface area contributed by atoms with Gasteiger partial charge in [0, 0.05) is 31.5 Å². The van der Waals surface area contributed by atoms with Gasteiger partial charge < -0.3 is 15.5 Å². The standard InChI is InChI=1S/C21H29N3O/c1-16(2)19-13-8-10-17(3)20(19)23-21(25)22-14-9-15-24(4)18-11-6-5-7-12-18/h5-8,10-13,16H,9,14-15H2,1-4H3,(H2,22,23,25). The normalized spacial score (nSPS) is 10.6. The van der Waals surface area contributed by atoms with E-state index in [1.165, 1.54) is 11.3 Å². The fourth-order valence-electron chi connectivity index (χ4n) is 2.83.